The van der Waals surface area contributed by atoms with E-state index >= 15 is 0 Å². The second-order valence-electron chi connectivity index (χ2n) is 8.53. The van der Waals surface area contributed by atoms with Gasteiger partial charge in [-0.2, -0.15) is 0 Å². The maximum absolute atomic E-state index is 13.0. The Kier molecular flexibility index (Phi) is 5.98. The summed E-state index contributed by atoms with van der Waals surface area (Å²) in [7, 11) is 0. The maximum Gasteiger partial charge on any atom is 0.225 e. The number of hydrogen-bond donors (Lipinski definition) is 1. The normalized spacial score (nSPS) is 31.5. The first-order valence-electron chi connectivity index (χ1n) is 10.7. The van der Waals surface area contributed by atoms with E-state index in [0.717, 1.165) is 51.3 Å². The van der Waals surface area contributed by atoms with Crippen molar-refractivity contribution in [3.05, 3.63) is 30.3 Å². The summed E-state index contributed by atoms with van der Waals surface area (Å²) in [5.41, 5.74) is 6.39. The van der Waals surface area contributed by atoms with Gasteiger partial charge in [0, 0.05) is 44.7 Å². The van der Waals surface area contributed by atoms with Crippen molar-refractivity contribution in [3.63, 3.8) is 0 Å². The quantitative estimate of drug-likeness (QED) is 0.863. The lowest BCUT2D eigenvalue weighted by atomic mass is 9.65. The van der Waals surface area contributed by atoms with Gasteiger partial charge in [-0.1, -0.05) is 24.6 Å². The number of piperazine rings is 1. The molecule has 5 heteroatoms. The van der Waals surface area contributed by atoms with Crippen LogP contribution in [0.4, 0.5) is 0 Å². The molecular formula is C22H33N3O2. The summed E-state index contributed by atoms with van der Waals surface area (Å²) in [5.74, 6) is 2.67. The molecule has 0 spiro atoms. The van der Waals surface area contributed by atoms with Crippen LogP contribution in [0.25, 0.3) is 0 Å². The molecule has 1 heterocycles. The van der Waals surface area contributed by atoms with Gasteiger partial charge in [0.05, 0.1) is 0 Å². The average molecular weight is 372 g/mol. The third kappa shape index (κ3) is 4.46. The van der Waals surface area contributed by atoms with E-state index in [4.69, 9.17) is 10.5 Å². The molecule has 2 atom stereocenters. The number of nitrogens with two attached hydrogens (primary N) is 1. The maximum atomic E-state index is 13.0. The van der Waals surface area contributed by atoms with Crippen molar-refractivity contribution in [1.29, 1.82) is 0 Å². The highest BCUT2D eigenvalue weighted by molar-refractivity contribution is 5.79. The van der Waals surface area contributed by atoms with Gasteiger partial charge >= 0.3 is 0 Å². The first-order chi connectivity index (χ1) is 13.2. The van der Waals surface area contributed by atoms with Crippen molar-refractivity contribution in [2.45, 2.75) is 38.1 Å². The topological polar surface area (TPSA) is 58.8 Å². The zero-order valence-electron chi connectivity index (χ0n) is 16.3. The molecule has 3 aliphatic rings. The Morgan fingerprint density at radius 1 is 1.04 bits per heavy atom. The molecule has 2 aliphatic carbocycles. The number of nitrogens with zero attached hydrogens (tertiary/aromatic N) is 2. The number of amides is 1. The van der Waals surface area contributed by atoms with E-state index in [1.807, 2.05) is 30.3 Å². The molecule has 1 aromatic carbocycles. The molecular weight excluding hydrogens is 338 g/mol. The molecule has 2 bridgehead atoms. The lowest BCUT2D eigenvalue weighted by Gasteiger charge is -2.45. The van der Waals surface area contributed by atoms with Gasteiger partial charge in [0.15, 0.2) is 0 Å². The van der Waals surface area contributed by atoms with Crippen LogP contribution < -0.4 is 10.5 Å². The van der Waals surface area contributed by atoms with Crippen molar-refractivity contribution < 1.29 is 9.53 Å². The molecule has 148 valence electrons. The van der Waals surface area contributed by atoms with Crippen molar-refractivity contribution in [1.82, 2.24) is 9.80 Å². The summed E-state index contributed by atoms with van der Waals surface area (Å²) in [6.07, 6.45) is 5.77. The summed E-state index contributed by atoms with van der Waals surface area (Å²) >= 11 is 0. The Morgan fingerprint density at radius 3 is 2.37 bits per heavy atom. The van der Waals surface area contributed by atoms with E-state index in [2.05, 4.69) is 9.80 Å². The number of carbonyl (C=O) groups excluding carboxylic acids is 1. The molecule has 1 aliphatic heterocycles. The number of carbonyl (C=O) groups is 1. The lowest BCUT2D eigenvalue weighted by Crippen LogP contribution is -2.54. The minimum atomic E-state index is 0.216. The van der Waals surface area contributed by atoms with E-state index in [1.54, 1.807) is 0 Å². The van der Waals surface area contributed by atoms with Crippen LogP contribution in [-0.4, -0.2) is 61.1 Å². The van der Waals surface area contributed by atoms with Crippen LogP contribution in [0.1, 0.15) is 32.1 Å². The average Bonchev–Trinajstić information content (AvgIpc) is 2.69. The largest absolute Gasteiger partial charge is 0.492 e. The predicted octanol–water partition coefficient (Wildman–Crippen LogP) is 2.36. The Labute approximate surface area is 162 Å². The Hall–Kier alpha value is -1.59. The summed E-state index contributed by atoms with van der Waals surface area (Å²) < 4.78 is 5.80. The number of hydrogen-bond acceptors (Lipinski definition) is 4. The second-order valence-corrected chi connectivity index (χ2v) is 8.53. The molecule has 2 N–H and O–H groups in total. The molecule has 27 heavy (non-hydrogen) atoms. The van der Waals surface area contributed by atoms with Crippen LogP contribution in [0.5, 0.6) is 5.75 Å². The number of ether oxygens (including phenoxy) is 1. The van der Waals surface area contributed by atoms with Crippen LogP contribution in [0.15, 0.2) is 30.3 Å². The van der Waals surface area contributed by atoms with E-state index in [1.165, 1.54) is 19.3 Å². The number of para-hydroxylation sites is 1. The van der Waals surface area contributed by atoms with Crippen LogP contribution in [0.3, 0.4) is 0 Å². The summed E-state index contributed by atoms with van der Waals surface area (Å²) in [6.45, 7) is 5.21. The van der Waals surface area contributed by atoms with Crippen molar-refractivity contribution in [2.75, 3.05) is 39.3 Å². The van der Waals surface area contributed by atoms with E-state index in [9.17, 15) is 4.79 Å². The minimum absolute atomic E-state index is 0.216. The van der Waals surface area contributed by atoms with E-state index in [-0.39, 0.29) is 5.92 Å². The highest BCUT2D eigenvalue weighted by atomic mass is 16.5. The molecule has 3 fully saturated rings. The van der Waals surface area contributed by atoms with Crippen LogP contribution >= 0.6 is 0 Å². The summed E-state index contributed by atoms with van der Waals surface area (Å²) in [5, 5.41) is 0. The minimum Gasteiger partial charge on any atom is -0.492 e. The Balaban J connectivity index is 1.20. The third-order valence-electron chi connectivity index (χ3n) is 6.87. The molecule has 2 unspecified atom stereocenters. The molecule has 1 amide bonds. The molecule has 0 aromatic heterocycles. The monoisotopic (exact) mass is 371 g/mol. The lowest BCUT2D eigenvalue weighted by molar-refractivity contribution is -0.140. The standard InChI is InChI=1S/C22H33N3O2/c23-21-17-5-4-6-18(21)16-19(15-17)22(26)25-11-9-24(10-12-25)13-14-27-20-7-2-1-3-8-20/h1-3,7-8,17-19,21H,4-6,9-16,23H2. The van der Waals surface area contributed by atoms with Gasteiger partial charge in [0.2, 0.25) is 5.91 Å². The summed E-state index contributed by atoms with van der Waals surface area (Å²) in [6, 6.07) is 10.3. The van der Waals surface area contributed by atoms with E-state index < -0.39 is 0 Å². The fourth-order valence-electron chi connectivity index (χ4n) is 5.25. The third-order valence-corrected chi connectivity index (χ3v) is 6.87. The van der Waals surface area contributed by atoms with Crippen molar-refractivity contribution >= 4 is 5.91 Å². The zero-order chi connectivity index (χ0) is 18.6. The fraction of sp³-hybridized carbons (Fsp3) is 0.682. The van der Waals surface area contributed by atoms with Gasteiger partial charge in [-0.3, -0.25) is 9.69 Å². The van der Waals surface area contributed by atoms with Crippen LogP contribution in [-0.2, 0) is 4.79 Å². The zero-order valence-corrected chi connectivity index (χ0v) is 16.3. The number of fused-ring (bicyclic) bond motifs is 2. The Morgan fingerprint density at radius 2 is 1.70 bits per heavy atom. The van der Waals surface area contributed by atoms with E-state index in [0.29, 0.717) is 30.4 Å². The van der Waals surface area contributed by atoms with Gasteiger partial charge in [-0.05, 0) is 49.7 Å². The molecule has 1 saturated heterocycles. The first-order valence-corrected chi connectivity index (χ1v) is 10.7. The van der Waals surface area contributed by atoms with Gasteiger partial charge in [-0.15, -0.1) is 0 Å². The van der Waals surface area contributed by atoms with Crippen LogP contribution in [0, 0.1) is 17.8 Å². The van der Waals surface area contributed by atoms with Gasteiger partial charge < -0.3 is 15.4 Å². The molecule has 5 nitrogen and oxygen atoms in total. The SMILES string of the molecule is NC1C2CCCC1CC(C(=O)N1CCN(CCOc3ccccc3)CC1)C2. The van der Waals surface area contributed by atoms with Crippen LogP contribution in [0.2, 0.25) is 0 Å². The predicted molar refractivity (Wildman–Crippen MR) is 106 cm³/mol. The fourth-order valence-corrected chi connectivity index (χ4v) is 5.25. The highest BCUT2D eigenvalue weighted by Gasteiger charge is 2.41. The molecule has 0 radical (unpaired) electrons. The number of benzene rings is 1. The highest BCUT2D eigenvalue weighted by Crippen LogP contribution is 2.42. The Bertz CT molecular complexity index is 601. The van der Waals surface area contributed by atoms with Crippen molar-refractivity contribution in [3.8, 4) is 5.75 Å². The van der Waals surface area contributed by atoms with Gasteiger partial charge in [0.25, 0.3) is 0 Å². The van der Waals surface area contributed by atoms with Crippen molar-refractivity contribution in [2.24, 2.45) is 23.5 Å². The first kappa shape index (κ1) is 18.8. The molecule has 1 aromatic rings. The molecule has 2 saturated carbocycles. The molecule has 4 rings (SSSR count). The summed E-state index contributed by atoms with van der Waals surface area (Å²) in [4.78, 5) is 17.5. The van der Waals surface area contributed by atoms with Gasteiger partial charge in [0.1, 0.15) is 12.4 Å². The van der Waals surface area contributed by atoms with Gasteiger partial charge in [-0.25, -0.2) is 0 Å². The smallest absolute Gasteiger partial charge is 0.225 e. The number of rotatable bonds is 5. The second kappa shape index (κ2) is 8.61.